The molecule has 2 aromatic rings. The second kappa shape index (κ2) is 5.93. The summed E-state index contributed by atoms with van der Waals surface area (Å²) in [4.78, 5) is 11.9. The minimum absolute atomic E-state index is 0.471. The fraction of sp³-hybridized carbons (Fsp3) is 0.625. The summed E-state index contributed by atoms with van der Waals surface area (Å²) in [6.07, 6.45) is 3.84. The Labute approximate surface area is 131 Å². The van der Waals surface area contributed by atoms with Crippen molar-refractivity contribution in [3.63, 3.8) is 0 Å². The lowest BCUT2D eigenvalue weighted by Crippen LogP contribution is -2.38. The van der Waals surface area contributed by atoms with Crippen molar-refractivity contribution in [3.8, 4) is 0 Å². The molecule has 3 heterocycles. The van der Waals surface area contributed by atoms with Crippen LogP contribution >= 0.6 is 11.6 Å². The minimum Gasteiger partial charge on any atom is -0.309 e. The molecule has 0 aliphatic carbocycles. The first-order valence-electron chi connectivity index (χ1n) is 7.68. The van der Waals surface area contributed by atoms with E-state index in [1.54, 1.807) is 0 Å². The van der Waals surface area contributed by atoms with Crippen LogP contribution in [0.4, 0.5) is 0 Å². The van der Waals surface area contributed by atoms with Crippen molar-refractivity contribution < 1.29 is 0 Å². The van der Waals surface area contributed by atoms with Gasteiger partial charge in [0.15, 0.2) is 5.65 Å². The highest BCUT2D eigenvalue weighted by Crippen LogP contribution is 2.32. The van der Waals surface area contributed by atoms with Gasteiger partial charge >= 0.3 is 0 Å². The van der Waals surface area contributed by atoms with Crippen molar-refractivity contribution in [2.45, 2.75) is 32.7 Å². The average Bonchev–Trinajstić information content (AvgIpc) is 2.79. The van der Waals surface area contributed by atoms with E-state index in [0.717, 1.165) is 42.9 Å². The van der Waals surface area contributed by atoms with Gasteiger partial charge in [0.05, 0.1) is 0 Å². The summed E-state index contributed by atoms with van der Waals surface area (Å²) in [5, 5.41) is 0. The molecule has 4 nitrogen and oxygen atoms in total. The average molecular weight is 307 g/mol. The first kappa shape index (κ1) is 14.8. The molecule has 0 bridgehead atoms. The highest BCUT2D eigenvalue weighted by molar-refractivity contribution is 6.17. The number of rotatable bonds is 3. The van der Waals surface area contributed by atoms with Gasteiger partial charge in [-0.15, -0.1) is 11.6 Å². The summed E-state index contributed by atoms with van der Waals surface area (Å²) >= 11 is 5.99. The van der Waals surface area contributed by atoms with E-state index in [0.29, 0.717) is 17.8 Å². The van der Waals surface area contributed by atoms with Gasteiger partial charge in [-0.1, -0.05) is 6.92 Å². The fourth-order valence-electron chi connectivity index (χ4n) is 3.49. The van der Waals surface area contributed by atoms with Crippen LogP contribution in [0.2, 0.25) is 0 Å². The third kappa shape index (κ3) is 2.67. The summed E-state index contributed by atoms with van der Waals surface area (Å²) in [5.41, 5.74) is 3.25. The van der Waals surface area contributed by atoms with Crippen molar-refractivity contribution in [1.29, 1.82) is 0 Å². The molecule has 1 aliphatic heterocycles. The van der Waals surface area contributed by atoms with Gasteiger partial charge < -0.3 is 9.47 Å². The standard InChI is InChI=1S/C16H23ClN4/c1-11-5-8-18-16-15(11)19-14(4-7-17)21(16)13-6-9-20(3)10-12(13)2/h5,8,12-13H,4,6-7,9-10H2,1-3H3. The quantitative estimate of drug-likeness (QED) is 0.817. The lowest BCUT2D eigenvalue weighted by Gasteiger charge is -2.36. The van der Waals surface area contributed by atoms with E-state index in [-0.39, 0.29) is 0 Å². The summed E-state index contributed by atoms with van der Waals surface area (Å²) in [5.74, 6) is 2.28. The Kier molecular flexibility index (Phi) is 4.18. The van der Waals surface area contributed by atoms with Crippen LogP contribution in [0, 0.1) is 12.8 Å². The number of hydrogen-bond donors (Lipinski definition) is 0. The highest BCUT2D eigenvalue weighted by Gasteiger charge is 2.29. The van der Waals surface area contributed by atoms with Crippen LogP contribution in [0.3, 0.4) is 0 Å². The Morgan fingerprint density at radius 2 is 2.24 bits per heavy atom. The Bertz CT molecular complexity index is 636. The van der Waals surface area contributed by atoms with Crippen LogP contribution in [0.1, 0.15) is 30.8 Å². The number of fused-ring (bicyclic) bond motifs is 1. The van der Waals surface area contributed by atoms with Gasteiger partial charge in [-0.2, -0.15) is 0 Å². The van der Waals surface area contributed by atoms with Crippen LogP contribution < -0.4 is 0 Å². The van der Waals surface area contributed by atoms with Gasteiger partial charge in [0.25, 0.3) is 0 Å². The van der Waals surface area contributed by atoms with E-state index in [9.17, 15) is 0 Å². The molecule has 0 aromatic carbocycles. The summed E-state index contributed by atoms with van der Waals surface area (Å²) < 4.78 is 2.36. The van der Waals surface area contributed by atoms with Gasteiger partial charge in [0.2, 0.25) is 0 Å². The number of halogens is 1. The predicted molar refractivity (Wildman–Crippen MR) is 87.0 cm³/mol. The first-order valence-corrected chi connectivity index (χ1v) is 8.22. The molecule has 0 amide bonds. The molecule has 2 atom stereocenters. The van der Waals surface area contributed by atoms with Gasteiger partial charge in [-0.25, -0.2) is 9.97 Å². The molecule has 2 unspecified atom stereocenters. The molecule has 114 valence electrons. The van der Waals surface area contributed by atoms with E-state index in [2.05, 4.69) is 35.3 Å². The normalized spacial score (nSPS) is 23.8. The topological polar surface area (TPSA) is 34.0 Å². The van der Waals surface area contributed by atoms with Crippen LogP contribution in [-0.2, 0) is 6.42 Å². The van der Waals surface area contributed by atoms with Crippen molar-refractivity contribution in [1.82, 2.24) is 19.4 Å². The molecule has 0 spiro atoms. The lowest BCUT2D eigenvalue weighted by molar-refractivity contribution is 0.159. The maximum Gasteiger partial charge on any atom is 0.160 e. The second-order valence-electron chi connectivity index (χ2n) is 6.23. The molecule has 1 saturated heterocycles. The molecule has 2 aromatic heterocycles. The Balaban J connectivity index is 2.11. The molecule has 0 radical (unpaired) electrons. The fourth-order valence-corrected chi connectivity index (χ4v) is 3.66. The summed E-state index contributed by atoms with van der Waals surface area (Å²) in [6, 6.07) is 2.50. The number of aromatic nitrogens is 3. The predicted octanol–water partition coefficient (Wildman–Crippen LogP) is 3.03. The Morgan fingerprint density at radius 3 is 2.95 bits per heavy atom. The van der Waals surface area contributed by atoms with E-state index in [1.807, 2.05) is 12.3 Å². The van der Waals surface area contributed by atoms with Crippen LogP contribution in [0.25, 0.3) is 11.2 Å². The van der Waals surface area contributed by atoms with Crippen LogP contribution in [-0.4, -0.2) is 45.5 Å². The first-order chi connectivity index (χ1) is 10.1. The maximum absolute atomic E-state index is 5.99. The minimum atomic E-state index is 0.471. The zero-order valence-electron chi connectivity index (χ0n) is 13.0. The van der Waals surface area contributed by atoms with Crippen LogP contribution in [0.5, 0.6) is 0 Å². The number of hydrogen-bond acceptors (Lipinski definition) is 3. The molecule has 21 heavy (non-hydrogen) atoms. The number of nitrogens with zero attached hydrogens (tertiary/aromatic N) is 4. The zero-order chi connectivity index (χ0) is 15.0. The van der Waals surface area contributed by atoms with Gasteiger partial charge in [-0.3, -0.25) is 0 Å². The third-order valence-corrected chi connectivity index (χ3v) is 4.76. The van der Waals surface area contributed by atoms with Crippen molar-refractivity contribution >= 4 is 22.8 Å². The maximum atomic E-state index is 5.99. The smallest absolute Gasteiger partial charge is 0.160 e. The molecule has 3 rings (SSSR count). The second-order valence-corrected chi connectivity index (χ2v) is 6.61. The molecule has 0 saturated carbocycles. The highest BCUT2D eigenvalue weighted by atomic mass is 35.5. The Hall–Kier alpha value is -1.13. The lowest BCUT2D eigenvalue weighted by atomic mass is 9.93. The molecule has 1 aliphatic rings. The van der Waals surface area contributed by atoms with E-state index < -0.39 is 0 Å². The molecule has 5 heteroatoms. The largest absolute Gasteiger partial charge is 0.309 e. The summed E-state index contributed by atoms with van der Waals surface area (Å²) in [6.45, 7) is 6.67. The molecule has 0 N–H and O–H groups in total. The number of aryl methyl sites for hydroxylation is 2. The van der Waals surface area contributed by atoms with E-state index in [4.69, 9.17) is 16.6 Å². The SMILES string of the molecule is Cc1ccnc2c1nc(CCCl)n2C1CCN(C)CC1C. The molecular formula is C16H23ClN4. The zero-order valence-corrected chi connectivity index (χ0v) is 13.8. The van der Waals surface area contributed by atoms with Crippen molar-refractivity contribution in [2.75, 3.05) is 26.0 Å². The van der Waals surface area contributed by atoms with Gasteiger partial charge in [0.1, 0.15) is 11.3 Å². The summed E-state index contributed by atoms with van der Waals surface area (Å²) in [7, 11) is 2.20. The van der Waals surface area contributed by atoms with Gasteiger partial charge in [-0.05, 0) is 44.5 Å². The number of likely N-dealkylation sites (tertiary alicyclic amines) is 1. The van der Waals surface area contributed by atoms with Gasteiger partial charge in [0, 0.05) is 31.1 Å². The number of alkyl halides is 1. The van der Waals surface area contributed by atoms with Crippen molar-refractivity contribution in [2.24, 2.45) is 5.92 Å². The molecular weight excluding hydrogens is 284 g/mol. The monoisotopic (exact) mass is 306 g/mol. The third-order valence-electron chi connectivity index (χ3n) is 4.57. The Morgan fingerprint density at radius 1 is 1.43 bits per heavy atom. The number of imidazole rings is 1. The number of piperidine rings is 1. The van der Waals surface area contributed by atoms with Crippen LogP contribution in [0.15, 0.2) is 12.3 Å². The van der Waals surface area contributed by atoms with E-state index >= 15 is 0 Å². The molecule has 1 fully saturated rings. The number of pyridine rings is 1. The van der Waals surface area contributed by atoms with E-state index in [1.165, 1.54) is 5.56 Å². The van der Waals surface area contributed by atoms with Crippen molar-refractivity contribution in [3.05, 3.63) is 23.7 Å².